The van der Waals surface area contributed by atoms with E-state index in [1.165, 1.54) is 121 Å². The molecule has 2 heterocycles. The number of hydrogen-bond acceptors (Lipinski definition) is 20. The van der Waals surface area contributed by atoms with Crippen LogP contribution in [-0.2, 0) is 61.9 Å². The smallest absolute Gasteiger partial charge is 0.331 e. The number of rotatable bonds is 18. The fourth-order valence-electron chi connectivity index (χ4n) is 6.85. The number of ether oxygens (including phenoxy) is 8. The van der Waals surface area contributed by atoms with Crippen molar-refractivity contribution in [1.29, 1.82) is 0 Å². The molecule has 4 aromatic rings. The van der Waals surface area contributed by atoms with Crippen LogP contribution in [0.2, 0.25) is 0 Å². The summed E-state index contributed by atoms with van der Waals surface area (Å²) in [5.41, 5.74) is 1.90. The second kappa shape index (κ2) is 23.9. The van der Waals surface area contributed by atoms with Gasteiger partial charge >= 0.3 is 29.8 Å². The van der Waals surface area contributed by atoms with Crippen LogP contribution in [0.3, 0.4) is 0 Å². The van der Waals surface area contributed by atoms with Crippen molar-refractivity contribution < 1.29 is 97.6 Å². The number of hydrogen-bond donors (Lipinski definition) is 7. The van der Waals surface area contributed by atoms with E-state index in [1.807, 2.05) is 0 Å². The molecule has 20 nitrogen and oxygen atoms in total. The maximum Gasteiger partial charge on any atom is 0.331 e. The number of carbonyl (C=O) groups excluding carboxylic acids is 5. The van der Waals surface area contributed by atoms with Gasteiger partial charge in [-0.3, -0.25) is 4.79 Å². The molecule has 0 radical (unpaired) electrons. The largest absolute Gasteiger partial charge is 0.508 e. The van der Waals surface area contributed by atoms with E-state index in [9.17, 15) is 59.7 Å². The molecule has 0 spiro atoms. The summed E-state index contributed by atoms with van der Waals surface area (Å²) in [6.07, 6.45) is -5.99. The molecular formula is C50H48O20. The molecule has 2 aliphatic heterocycles. The van der Waals surface area contributed by atoms with Crippen LogP contribution in [0, 0.1) is 0 Å². The fraction of sp³-hybridized carbons (Fsp3) is 0.260. The van der Waals surface area contributed by atoms with E-state index in [-0.39, 0.29) is 23.0 Å². The minimum atomic E-state index is -2.72. The topological polar surface area (TPSA) is 301 Å². The van der Waals surface area contributed by atoms with Crippen molar-refractivity contribution in [2.75, 3.05) is 19.8 Å². The zero-order valence-electron chi connectivity index (χ0n) is 37.0. The van der Waals surface area contributed by atoms with Gasteiger partial charge in [0.2, 0.25) is 5.79 Å². The van der Waals surface area contributed by atoms with E-state index in [2.05, 4.69) is 0 Å². The summed E-state index contributed by atoms with van der Waals surface area (Å²) in [6.45, 7) is -1.60. The Labute approximate surface area is 399 Å². The SMILES string of the molecule is CC(=O)OC1C(COC(=O)/C=C/c2ccc(O)cc2)OC(COC(=O)/C=C/c2ccc(O)cc2)(OC2OC(COC(=O)/C=C/c3ccc(O)cc3)C(O)C(O)C2O)C1OC(=O)/C=C/c1ccc(O)cc1. The average molecular weight is 969 g/mol. The lowest BCUT2D eigenvalue weighted by molar-refractivity contribution is -0.383. The van der Waals surface area contributed by atoms with Crippen LogP contribution < -0.4 is 0 Å². The van der Waals surface area contributed by atoms with Gasteiger partial charge in [0.05, 0.1) is 0 Å². The molecule has 7 N–H and O–H groups in total. The number of carbonyl (C=O) groups is 5. The lowest BCUT2D eigenvalue weighted by Gasteiger charge is -2.43. The molecular weight excluding hydrogens is 921 g/mol. The van der Waals surface area contributed by atoms with Crippen LogP contribution in [-0.4, -0.2) is 140 Å². The molecule has 368 valence electrons. The Hall–Kier alpha value is -7.85. The van der Waals surface area contributed by atoms with Gasteiger partial charge < -0.3 is 73.6 Å². The van der Waals surface area contributed by atoms with Crippen LogP contribution in [0.25, 0.3) is 24.3 Å². The molecule has 0 bridgehead atoms. The number of aliphatic hydroxyl groups excluding tert-OH is 3. The van der Waals surface area contributed by atoms with Crippen LogP contribution in [0.1, 0.15) is 29.2 Å². The summed E-state index contributed by atoms with van der Waals surface area (Å²) in [7, 11) is 0. The van der Waals surface area contributed by atoms with E-state index >= 15 is 0 Å². The first kappa shape index (κ1) is 51.5. The molecule has 0 saturated carbocycles. The first-order chi connectivity index (χ1) is 33.5. The second-order valence-electron chi connectivity index (χ2n) is 15.6. The van der Waals surface area contributed by atoms with Gasteiger partial charge in [0.25, 0.3) is 0 Å². The summed E-state index contributed by atoms with van der Waals surface area (Å²) in [5.74, 6) is -7.92. The third-order valence-electron chi connectivity index (χ3n) is 10.4. The molecule has 2 fully saturated rings. The lowest BCUT2D eigenvalue weighted by Crippen LogP contribution is -2.63. The maximum absolute atomic E-state index is 13.7. The molecule has 0 aromatic heterocycles. The number of phenolic OH excluding ortho intramolecular Hbond substituents is 4. The van der Waals surface area contributed by atoms with Crippen molar-refractivity contribution >= 4 is 54.2 Å². The first-order valence-corrected chi connectivity index (χ1v) is 21.3. The molecule has 20 heteroatoms. The van der Waals surface area contributed by atoms with Crippen molar-refractivity contribution in [2.45, 2.75) is 61.7 Å². The lowest BCUT2D eigenvalue weighted by atomic mass is 9.98. The number of benzene rings is 4. The van der Waals surface area contributed by atoms with Gasteiger partial charge in [-0.2, -0.15) is 0 Å². The zero-order chi connectivity index (χ0) is 50.4. The minimum absolute atomic E-state index is 0.00512. The highest BCUT2D eigenvalue weighted by atomic mass is 16.8. The van der Waals surface area contributed by atoms with Crippen molar-refractivity contribution in [3.8, 4) is 23.0 Å². The number of esters is 5. The van der Waals surface area contributed by atoms with Crippen LogP contribution in [0.4, 0.5) is 0 Å². The summed E-state index contributed by atoms with van der Waals surface area (Å²) in [4.78, 5) is 65.6. The first-order valence-electron chi connectivity index (χ1n) is 21.3. The Balaban J connectivity index is 1.33. The van der Waals surface area contributed by atoms with E-state index in [4.69, 9.17) is 37.9 Å². The summed E-state index contributed by atoms with van der Waals surface area (Å²) in [5, 5.41) is 71.9. The van der Waals surface area contributed by atoms with Gasteiger partial charge in [-0.25, -0.2) is 19.2 Å². The number of phenols is 4. The summed E-state index contributed by atoms with van der Waals surface area (Å²) in [6, 6.07) is 23.0. The van der Waals surface area contributed by atoms with E-state index in [0.717, 1.165) is 31.2 Å². The average Bonchev–Trinajstić information content (AvgIpc) is 3.61. The van der Waals surface area contributed by atoms with Gasteiger partial charge in [-0.1, -0.05) is 48.5 Å². The standard InChI is InChI=1S/C50H48O20/c1-29(51)66-47-39(27-64-41(57)23-11-31-4-16-35(53)17-5-31)69-50(28-65-42(58)24-12-32-6-18-36(54)19-7-32,48(47)68-43(59)25-13-33-8-20-37(55)21-9-33)70-49-46(62)45(61)44(60)38(67-49)26-63-40(56)22-10-30-2-14-34(52)15-3-30/h2-25,38-39,44-49,52-55,60-62H,26-28H2,1H3/b22-10+,23-11+,24-12+,25-13+. The normalized spacial score (nSPS) is 24.5. The van der Waals surface area contributed by atoms with Crippen LogP contribution in [0.5, 0.6) is 23.0 Å². The number of aliphatic hydroxyl groups is 3. The zero-order valence-corrected chi connectivity index (χ0v) is 37.0. The predicted molar refractivity (Wildman–Crippen MR) is 242 cm³/mol. The maximum atomic E-state index is 13.7. The molecule has 2 aliphatic rings. The highest BCUT2D eigenvalue weighted by molar-refractivity contribution is 5.89. The van der Waals surface area contributed by atoms with Gasteiger partial charge in [0, 0.05) is 31.2 Å². The Morgan fingerprint density at radius 2 is 0.900 bits per heavy atom. The summed E-state index contributed by atoms with van der Waals surface area (Å²) >= 11 is 0. The second-order valence-corrected chi connectivity index (χ2v) is 15.6. The van der Waals surface area contributed by atoms with Gasteiger partial charge in [-0.05, 0) is 95.1 Å². The van der Waals surface area contributed by atoms with E-state index in [0.29, 0.717) is 22.3 Å². The van der Waals surface area contributed by atoms with Crippen molar-refractivity contribution in [1.82, 2.24) is 0 Å². The van der Waals surface area contributed by atoms with Gasteiger partial charge in [0.15, 0.2) is 18.5 Å². The minimum Gasteiger partial charge on any atom is -0.508 e. The number of aromatic hydroxyl groups is 4. The molecule has 2 saturated heterocycles. The third-order valence-corrected chi connectivity index (χ3v) is 10.4. The molecule has 0 aliphatic carbocycles. The van der Waals surface area contributed by atoms with E-state index < -0.39 is 104 Å². The van der Waals surface area contributed by atoms with Gasteiger partial charge in [0.1, 0.15) is 73.3 Å². The van der Waals surface area contributed by atoms with Crippen molar-refractivity contribution in [3.63, 3.8) is 0 Å². The highest BCUT2D eigenvalue weighted by Crippen LogP contribution is 2.40. The Kier molecular flexibility index (Phi) is 17.6. The quantitative estimate of drug-likeness (QED) is 0.0428. The summed E-state index contributed by atoms with van der Waals surface area (Å²) < 4.78 is 46.2. The Bertz CT molecular complexity index is 2550. The van der Waals surface area contributed by atoms with Gasteiger partial charge in [-0.15, -0.1) is 0 Å². The molecule has 9 unspecified atom stereocenters. The molecule has 70 heavy (non-hydrogen) atoms. The molecule has 4 aromatic carbocycles. The van der Waals surface area contributed by atoms with Crippen LogP contribution >= 0.6 is 0 Å². The predicted octanol–water partition coefficient (Wildman–Crippen LogP) is 3.05. The molecule has 0 amide bonds. The Morgan fingerprint density at radius 3 is 1.31 bits per heavy atom. The Morgan fingerprint density at radius 1 is 0.514 bits per heavy atom. The highest BCUT2D eigenvalue weighted by Gasteiger charge is 2.64. The molecule has 9 atom stereocenters. The van der Waals surface area contributed by atoms with Crippen molar-refractivity contribution in [2.24, 2.45) is 0 Å². The fourth-order valence-corrected chi connectivity index (χ4v) is 6.85. The monoisotopic (exact) mass is 968 g/mol. The van der Waals surface area contributed by atoms with Crippen molar-refractivity contribution in [3.05, 3.63) is 144 Å². The third kappa shape index (κ3) is 14.6. The molecule has 6 rings (SSSR count). The van der Waals surface area contributed by atoms with E-state index in [1.54, 1.807) is 0 Å². The van der Waals surface area contributed by atoms with Crippen LogP contribution in [0.15, 0.2) is 121 Å².